The largest absolute Gasteiger partial charge is 0.370 e. The summed E-state index contributed by atoms with van der Waals surface area (Å²) < 4.78 is 0. The van der Waals surface area contributed by atoms with Crippen LogP contribution >= 0.6 is 0 Å². The van der Waals surface area contributed by atoms with Gasteiger partial charge in [0, 0.05) is 24.8 Å². The van der Waals surface area contributed by atoms with Gasteiger partial charge < -0.3 is 10.6 Å². The number of hydrogen-bond acceptors (Lipinski definition) is 2. The second kappa shape index (κ2) is 4.87. The third-order valence-electron chi connectivity index (χ3n) is 2.01. The minimum atomic E-state index is 0.222. The molecule has 0 spiro atoms. The van der Waals surface area contributed by atoms with Gasteiger partial charge in [0.05, 0.1) is 0 Å². The van der Waals surface area contributed by atoms with E-state index in [0.717, 1.165) is 13.1 Å². The van der Waals surface area contributed by atoms with E-state index in [1.165, 1.54) is 5.69 Å². The second-order valence-corrected chi connectivity index (χ2v) is 3.35. The van der Waals surface area contributed by atoms with E-state index in [-0.39, 0.29) is 6.04 Å². The molecule has 1 aromatic carbocycles. The average Bonchev–Trinajstić information content (AvgIpc) is 2.15. The number of anilines is 1. The van der Waals surface area contributed by atoms with Crippen molar-refractivity contribution in [2.45, 2.75) is 19.9 Å². The van der Waals surface area contributed by atoms with Crippen LogP contribution in [0.3, 0.4) is 0 Å². The summed E-state index contributed by atoms with van der Waals surface area (Å²) in [6.45, 7) is 6.10. The quantitative estimate of drug-likeness (QED) is 0.762. The van der Waals surface area contributed by atoms with Crippen LogP contribution in [0.5, 0.6) is 0 Å². The van der Waals surface area contributed by atoms with Crippen molar-refractivity contribution in [1.29, 1.82) is 0 Å². The molecule has 13 heavy (non-hydrogen) atoms. The van der Waals surface area contributed by atoms with Crippen LogP contribution in [0.1, 0.15) is 13.8 Å². The molecule has 0 aliphatic rings. The van der Waals surface area contributed by atoms with E-state index in [9.17, 15) is 0 Å². The Labute approximate surface area is 80.4 Å². The van der Waals surface area contributed by atoms with Crippen molar-refractivity contribution in [1.82, 2.24) is 0 Å². The van der Waals surface area contributed by atoms with E-state index < -0.39 is 0 Å². The fourth-order valence-corrected chi connectivity index (χ4v) is 1.40. The van der Waals surface area contributed by atoms with Crippen LogP contribution in [0.4, 0.5) is 5.69 Å². The van der Waals surface area contributed by atoms with Gasteiger partial charge in [-0.2, -0.15) is 0 Å². The fraction of sp³-hybridized carbons (Fsp3) is 0.455. The summed E-state index contributed by atoms with van der Waals surface area (Å²) in [5.74, 6) is 0. The zero-order valence-corrected chi connectivity index (χ0v) is 8.40. The molecule has 72 valence electrons. The molecular weight excluding hydrogens is 160 g/mol. The Kier molecular flexibility index (Phi) is 3.77. The van der Waals surface area contributed by atoms with Crippen molar-refractivity contribution in [3.8, 4) is 0 Å². The van der Waals surface area contributed by atoms with E-state index in [0.29, 0.717) is 0 Å². The average molecular weight is 178 g/mol. The first-order valence-corrected chi connectivity index (χ1v) is 4.79. The first kappa shape index (κ1) is 10.1. The second-order valence-electron chi connectivity index (χ2n) is 3.35. The van der Waals surface area contributed by atoms with Gasteiger partial charge in [0.1, 0.15) is 0 Å². The normalized spacial score (nSPS) is 12.5. The van der Waals surface area contributed by atoms with E-state index in [2.05, 4.69) is 36.1 Å². The van der Waals surface area contributed by atoms with Gasteiger partial charge in [-0.15, -0.1) is 0 Å². The van der Waals surface area contributed by atoms with Crippen LogP contribution in [-0.4, -0.2) is 19.1 Å². The number of benzene rings is 1. The summed E-state index contributed by atoms with van der Waals surface area (Å²) in [6.07, 6.45) is 0. The summed E-state index contributed by atoms with van der Waals surface area (Å²) in [5.41, 5.74) is 7.02. The van der Waals surface area contributed by atoms with Crippen LogP contribution in [0.25, 0.3) is 0 Å². The van der Waals surface area contributed by atoms with Crippen LogP contribution < -0.4 is 10.6 Å². The highest BCUT2D eigenvalue weighted by Crippen LogP contribution is 2.12. The van der Waals surface area contributed by atoms with Gasteiger partial charge in [0.25, 0.3) is 0 Å². The van der Waals surface area contributed by atoms with E-state index in [1.54, 1.807) is 0 Å². The van der Waals surface area contributed by atoms with E-state index in [4.69, 9.17) is 5.73 Å². The lowest BCUT2D eigenvalue weighted by molar-refractivity contribution is 0.689. The lowest BCUT2D eigenvalue weighted by atomic mass is 10.2. The van der Waals surface area contributed by atoms with Crippen molar-refractivity contribution in [2.75, 3.05) is 18.0 Å². The monoisotopic (exact) mass is 178 g/mol. The molecule has 2 heteroatoms. The van der Waals surface area contributed by atoms with Crippen LogP contribution in [0.2, 0.25) is 0 Å². The molecular formula is C11H18N2. The molecule has 0 bridgehead atoms. The zero-order valence-electron chi connectivity index (χ0n) is 8.40. The van der Waals surface area contributed by atoms with Gasteiger partial charge in [0.2, 0.25) is 0 Å². The smallest absolute Gasteiger partial charge is 0.0366 e. The molecule has 2 N–H and O–H groups in total. The van der Waals surface area contributed by atoms with Crippen molar-refractivity contribution in [3.05, 3.63) is 30.3 Å². The summed E-state index contributed by atoms with van der Waals surface area (Å²) in [4.78, 5) is 2.28. The molecule has 1 atom stereocenters. The summed E-state index contributed by atoms with van der Waals surface area (Å²) in [7, 11) is 0. The van der Waals surface area contributed by atoms with Gasteiger partial charge in [-0.05, 0) is 26.0 Å². The first-order chi connectivity index (χ1) is 6.24. The van der Waals surface area contributed by atoms with Crippen molar-refractivity contribution >= 4 is 5.69 Å². The highest BCUT2D eigenvalue weighted by atomic mass is 15.1. The summed E-state index contributed by atoms with van der Waals surface area (Å²) >= 11 is 0. The van der Waals surface area contributed by atoms with Crippen molar-refractivity contribution in [3.63, 3.8) is 0 Å². The van der Waals surface area contributed by atoms with Gasteiger partial charge in [-0.1, -0.05) is 18.2 Å². The minimum Gasteiger partial charge on any atom is -0.370 e. The number of nitrogens with zero attached hydrogens (tertiary/aromatic N) is 1. The fourth-order valence-electron chi connectivity index (χ4n) is 1.40. The summed E-state index contributed by atoms with van der Waals surface area (Å²) in [6, 6.07) is 10.6. The van der Waals surface area contributed by atoms with Crippen molar-refractivity contribution in [2.24, 2.45) is 5.73 Å². The number of para-hydroxylation sites is 1. The van der Waals surface area contributed by atoms with Gasteiger partial charge in [-0.25, -0.2) is 0 Å². The Morgan fingerprint density at radius 1 is 1.31 bits per heavy atom. The number of nitrogens with two attached hydrogens (primary N) is 1. The van der Waals surface area contributed by atoms with Gasteiger partial charge in [0.15, 0.2) is 0 Å². The first-order valence-electron chi connectivity index (χ1n) is 4.79. The molecule has 0 fully saturated rings. The Hall–Kier alpha value is -1.02. The zero-order chi connectivity index (χ0) is 9.68. The van der Waals surface area contributed by atoms with E-state index >= 15 is 0 Å². The topological polar surface area (TPSA) is 29.3 Å². The SMILES string of the molecule is CCN(C[C@H](C)N)c1ccccc1. The molecule has 0 heterocycles. The molecule has 0 radical (unpaired) electrons. The Morgan fingerprint density at radius 3 is 2.38 bits per heavy atom. The predicted molar refractivity (Wildman–Crippen MR) is 58.0 cm³/mol. The highest BCUT2D eigenvalue weighted by molar-refractivity contribution is 5.45. The molecule has 2 nitrogen and oxygen atoms in total. The molecule has 0 amide bonds. The number of likely N-dealkylation sites (N-methyl/N-ethyl adjacent to an activating group) is 1. The Balaban J connectivity index is 2.67. The molecule has 0 aliphatic carbocycles. The Morgan fingerprint density at radius 2 is 1.92 bits per heavy atom. The molecule has 1 rings (SSSR count). The minimum absolute atomic E-state index is 0.222. The molecule has 0 aromatic heterocycles. The molecule has 0 unspecified atom stereocenters. The number of rotatable bonds is 4. The van der Waals surface area contributed by atoms with Gasteiger partial charge >= 0.3 is 0 Å². The lowest BCUT2D eigenvalue weighted by Gasteiger charge is -2.24. The van der Waals surface area contributed by atoms with Gasteiger partial charge in [-0.3, -0.25) is 0 Å². The Bertz CT molecular complexity index is 231. The summed E-state index contributed by atoms with van der Waals surface area (Å²) in [5, 5.41) is 0. The highest BCUT2D eigenvalue weighted by Gasteiger charge is 2.04. The lowest BCUT2D eigenvalue weighted by Crippen LogP contribution is -2.35. The third kappa shape index (κ3) is 3.07. The third-order valence-corrected chi connectivity index (χ3v) is 2.01. The maximum absolute atomic E-state index is 5.76. The van der Waals surface area contributed by atoms with Crippen LogP contribution in [-0.2, 0) is 0 Å². The van der Waals surface area contributed by atoms with Crippen molar-refractivity contribution < 1.29 is 0 Å². The van der Waals surface area contributed by atoms with E-state index in [1.807, 2.05) is 13.0 Å². The number of hydrogen-bond donors (Lipinski definition) is 1. The molecule has 0 saturated heterocycles. The van der Waals surface area contributed by atoms with Crippen LogP contribution in [0.15, 0.2) is 30.3 Å². The molecule has 0 aliphatic heterocycles. The maximum Gasteiger partial charge on any atom is 0.0366 e. The molecule has 1 aromatic rings. The molecule has 0 saturated carbocycles. The van der Waals surface area contributed by atoms with Crippen LogP contribution in [0, 0.1) is 0 Å². The maximum atomic E-state index is 5.76. The standard InChI is InChI=1S/C11H18N2/c1-3-13(9-10(2)12)11-7-5-4-6-8-11/h4-8,10H,3,9,12H2,1-2H3/t10-/m0/s1. The predicted octanol–water partition coefficient (Wildman–Crippen LogP) is 1.86.